The predicted molar refractivity (Wildman–Crippen MR) is 113 cm³/mol. The lowest BCUT2D eigenvalue weighted by Crippen LogP contribution is -2.16. The molecule has 0 atom stereocenters. The van der Waals surface area contributed by atoms with E-state index in [1.165, 1.54) is 11.7 Å². The normalized spacial score (nSPS) is 11.5. The molecule has 2 aromatic heterocycles. The van der Waals surface area contributed by atoms with Crippen molar-refractivity contribution in [3.05, 3.63) is 33.9 Å². The molecule has 2 N–H and O–H groups in total. The van der Waals surface area contributed by atoms with Gasteiger partial charge in [-0.3, -0.25) is 15.2 Å². The van der Waals surface area contributed by atoms with Crippen LogP contribution in [0.4, 0.5) is 10.5 Å². The van der Waals surface area contributed by atoms with Gasteiger partial charge in [-0.05, 0) is 18.2 Å². The number of nitrogens with zero attached hydrogens (tertiary/aromatic N) is 3. The molecule has 11 heteroatoms. The van der Waals surface area contributed by atoms with Crippen LogP contribution in [0.1, 0.15) is 32.9 Å². The molecule has 0 spiro atoms. The molecular weight excluding hydrogens is 433 g/mol. The van der Waals surface area contributed by atoms with E-state index in [2.05, 4.69) is 25.2 Å². The first-order valence-corrected chi connectivity index (χ1v) is 9.81. The van der Waals surface area contributed by atoms with Gasteiger partial charge in [0.25, 0.3) is 0 Å². The number of aromatic nitrogens is 4. The third-order valence-electron chi connectivity index (χ3n) is 4.21. The fourth-order valence-electron chi connectivity index (χ4n) is 2.67. The zero-order chi connectivity index (χ0) is 22.1. The van der Waals surface area contributed by atoms with Crippen molar-refractivity contribution in [2.24, 2.45) is 0 Å². The van der Waals surface area contributed by atoms with E-state index in [9.17, 15) is 9.59 Å². The number of anilines is 1. The number of H-pyrrole nitrogens is 1. The van der Waals surface area contributed by atoms with Gasteiger partial charge in [0.15, 0.2) is 11.5 Å². The summed E-state index contributed by atoms with van der Waals surface area (Å²) in [6.45, 7) is 5.99. The molecule has 0 aliphatic rings. The Morgan fingerprint density at radius 3 is 2.63 bits per heavy atom. The number of rotatable bonds is 5. The molecule has 0 saturated carbocycles. The number of aromatic amines is 1. The second kappa shape index (κ2) is 8.53. The lowest BCUT2D eigenvalue weighted by molar-refractivity contribution is -0.141. The van der Waals surface area contributed by atoms with Crippen molar-refractivity contribution in [1.29, 1.82) is 0 Å². The van der Waals surface area contributed by atoms with E-state index in [0.29, 0.717) is 32.8 Å². The molecule has 0 saturated heterocycles. The largest absolute Gasteiger partial charge is 0.469 e. The zero-order valence-corrected chi connectivity index (χ0v) is 18.4. The van der Waals surface area contributed by atoms with Gasteiger partial charge in [-0.15, -0.1) is 5.10 Å². The summed E-state index contributed by atoms with van der Waals surface area (Å²) < 4.78 is 10.9. The van der Waals surface area contributed by atoms with Gasteiger partial charge in [-0.2, -0.15) is 4.63 Å². The molecule has 0 aliphatic carbocycles. The van der Waals surface area contributed by atoms with E-state index in [-0.39, 0.29) is 18.4 Å². The number of esters is 1. The number of hydrogen-bond acceptors (Lipinski definition) is 6. The van der Waals surface area contributed by atoms with Gasteiger partial charge < -0.3 is 9.47 Å². The Kier molecular flexibility index (Phi) is 6.23. The molecule has 9 nitrogen and oxygen atoms in total. The number of methoxy groups -OCH3 is 1. The SMILES string of the molecule is COC(=O)CCOC(=O)Nc1ccc(Cl)c(-c2nc3c(Cl)c(C(C)(C)C)[nH]n3n2)c1. The number of benzene rings is 1. The molecule has 0 fully saturated rings. The van der Waals surface area contributed by atoms with Crippen LogP contribution in [0.3, 0.4) is 0 Å². The topological polar surface area (TPSA) is 111 Å². The summed E-state index contributed by atoms with van der Waals surface area (Å²) in [6, 6.07) is 4.84. The maximum atomic E-state index is 11.9. The van der Waals surface area contributed by atoms with E-state index < -0.39 is 12.1 Å². The molecule has 2 heterocycles. The minimum absolute atomic E-state index is 0.0300. The Morgan fingerprint density at radius 1 is 1.27 bits per heavy atom. The maximum Gasteiger partial charge on any atom is 0.411 e. The maximum absolute atomic E-state index is 11.9. The number of fused-ring (bicyclic) bond motifs is 1. The predicted octanol–water partition coefficient (Wildman–Crippen LogP) is 4.44. The van der Waals surface area contributed by atoms with E-state index in [0.717, 1.165) is 5.69 Å². The fourth-order valence-corrected chi connectivity index (χ4v) is 3.32. The van der Waals surface area contributed by atoms with Crippen LogP contribution in [0.15, 0.2) is 18.2 Å². The number of ether oxygens (including phenoxy) is 2. The van der Waals surface area contributed by atoms with Gasteiger partial charge in [0, 0.05) is 16.7 Å². The number of halogens is 2. The van der Waals surface area contributed by atoms with Gasteiger partial charge >= 0.3 is 12.1 Å². The van der Waals surface area contributed by atoms with Crippen molar-refractivity contribution >= 4 is 46.6 Å². The number of amides is 1. The van der Waals surface area contributed by atoms with Gasteiger partial charge in [-0.1, -0.05) is 44.0 Å². The molecule has 1 aromatic carbocycles. The van der Waals surface area contributed by atoms with E-state index in [1.807, 2.05) is 20.8 Å². The van der Waals surface area contributed by atoms with Crippen LogP contribution in [-0.2, 0) is 19.7 Å². The Morgan fingerprint density at radius 2 is 2.00 bits per heavy atom. The van der Waals surface area contributed by atoms with Gasteiger partial charge in [0.2, 0.25) is 0 Å². The average molecular weight is 454 g/mol. The highest BCUT2D eigenvalue weighted by atomic mass is 35.5. The molecule has 30 heavy (non-hydrogen) atoms. The third-order valence-corrected chi connectivity index (χ3v) is 4.90. The van der Waals surface area contributed by atoms with Crippen molar-refractivity contribution in [2.45, 2.75) is 32.6 Å². The molecule has 3 aromatic rings. The van der Waals surface area contributed by atoms with Crippen molar-refractivity contribution in [1.82, 2.24) is 19.8 Å². The van der Waals surface area contributed by atoms with Gasteiger partial charge in [-0.25, -0.2) is 9.78 Å². The van der Waals surface area contributed by atoms with Crippen molar-refractivity contribution in [2.75, 3.05) is 19.0 Å². The highest BCUT2D eigenvalue weighted by Crippen LogP contribution is 2.33. The second-order valence-corrected chi connectivity index (χ2v) is 8.29. The molecular formula is C19H21Cl2N5O4. The summed E-state index contributed by atoms with van der Waals surface area (Å²) in [4.78, 5) is 27.5. The monoisotopic (exact) mass is 453 g/mol. The Hall–Kier alpha value is -2.78. The molecule has 0 unspecified atom stereocenters. The molecule has 160 valence electrons. The van der Waals surface area contributed by atoms with Crippen LogP contribution in [0.5, 0.6) is 0 Å². The Labute approximate surface area is 182 Å². The van der Waals surface area contributed by atoms with E-state index >= 15 is 0 Å². The summed E-state index contributed by atoms with van der Waals surface area (Å²) in [5.74, 6) is -0.122. The van der Waals surface area contributed by atoms with Crippen LogP contribution in [0.2, 0.25) is 10.0 Å². The lowest BCUT2D eigenvalue weighted by atomic mass is 9.92. The molecule has 3 rings (SSSR count). The summed E-state index contributed by atoms with van der Waals surface area (Å²) in [7, 11) is 1.26. The van der Waals surface area contributed by atoms with Gasteiger partial charge in [0.05, 0.1) is 24.2 Å². The lowest BCUT2D eigenvalue weighted by Gasteiger charge is -2.16. The van der Waals surface area contributed by atoms with Crippen molar-refractivity contribution in [3.8, 4) is 11.4 Å². The standard InChI is InChI=1S/C19H21Cl2N5O4/c1-19(2,3)15-14(21)17-23-16(25-26(17)24-15)11-9-10(5-6-12(11)20)22-18(28)30-8-7-13(27)29-4/h5-6,9,24H,7-8H2,1-4H3,(H,22,28). The fraction of sp³-hybridized carbons (Fsp3) is 0.368. The third kappa shape index (κ3) is 4.68. The van der Waals surface area contributed by atoms with Crippen LogP contribution in [-0.4, -0.2) is 45.6 Å². The Bertz CT molecular complexity index is 1100. The van der Waals surface area contributed by atoms with Crippen molar-refractivity contribution in [3.63, 3.8) is 0 Å². The average Bonchev–Trinajstić information content (AvgIpc) is 3.22. The number of carbonyl (C=O) groups excluding carboxylic acids is 2. The summed E-state index contributed by atoms with van der Waals surface area (Å²) >= 11 is 12.8. The zero-order valence-electron chi connectivity index (χ0n) is 16.9. The number of hydrogen-bond donors (Lipinski definition) is 2. The summed E-state index contributed by atoms with van der Waals surface area (Å²) in [6.07, 6.45) is -0.743. The van der Waals surface area contributed by atoms with E-state index in [1.54, 1.807) is 18.2 Å². The molecule has 0 radical (unpaired) electrons. The molecule has 0 bridgehead atoms. The highest BCUT2D eigenvalue weighted by molar-refractivity contribution is 6.34. The quantitative estimate of drug-likeness (QED) is 0.552. The second-order valence-electron chi connectivity index (χ2n) is 7.50. The van der Waals surface area contributed by atoms with Crippen LogP contribution >= 0.6 is 23.2 Å². The molecule has 0 aliphatic heterocycles. The summed E-state index contributed by atoms with van der Waals surface area (Å²) in [5, 5.41) is 11.0. The molecule has 1 amide bonds. The van der Waals surface area contributed by atoms with Crippen molar-refractivity contribution < 1.29 is 19.1 Å². The first kappa shape index (κ1) is 21.9. The minimum Gasteiger partial charge on any atom is -0.469 e. The van der Waals surface area contributed by atoms with Gasteiger partial charge in [0.1, 0.15) is 11.6 Å². The first-order chi connectivity index (χ1) is 14.1. The first-order valence-electron chi connectivity index (χ1n) is 9.05. The highest BCUT2D eigenvalue weighted by Gasteiger charge is 2.24. The van der Waals surface area contributed by atoms with E-state index in [4.69, 9.17) is 27.9 Å². The number of carbonyl (C=O) groups is 2. The van der Waals surface area contributed by atoms with Crippen LogP contribution < -0.4 is 5.32 Å². The number of nitrogens with one attached hydrogen (secondary N) is 2. The van der Waals surface area contributed by atoms with Crippen LogP contribution in [0.25, 0.3) is 17.0 Å². The summed E-state index contributed by atoms with van der Waals surface area (Å²) in [5.41, 5.74) is 2.04. The Balaban J connectivity index is 1.80. The van der Waals surface area contributed by atoms with Crippen LogP contribution in [0, 0.1) is 0 Å². The minimum atomic E-state index is -0.713. The smallest absolute Gasteiger partial charge is 0.411 e.